The van der Waals surface area contributed by atoms with Crippen LogP contribution in [0.5, 0.6) is 0 Å². The van der Waals surface area contributed by atoms with Crippen molar-refractivity contribution < 1.29 is 13.2 Å². The van der Waals surface area contributed by atoms with Gasteiger partial charge in [-0.15, -0.1) is 0 Å². The Morgan fingerprint density at radius 3 is 2.00 bits per heavy atom. The lowest BCUT2D eigenvalue weighted by atomic mass is 9.87. The SMILES string of the molecule is CC(C)(C)C(N)CNC1(C(F)(F)F)CC1. The van der Waals surface area contributed by atoms with Crippen LogP contribution in [-0.4, -0.2) is 24.3 Å². The second-order valence-electron chi connectivity index (χ2n) is 5.43. The first-order valence-electron chi connectivity index (χ1n) is 5.16. The third-order valence-electron chi connectivity index (χ3n) is 3.07. The molecule has 0 saturated heterocycles. The number of hydrogen-bond donors (Lipinski definition) is 2. The summed E-state index contributed by atoms with van der Waals surface area (Å²) < 4.78 is 37.6. The van der Waals surface area contributed by atoms with Crippen LogP contribution in [0.3, 0.4) is 0 Å². The molecule has 1 atom stereocenters. The van der Waals surface area contributed by atoms with Gasteiger partial charge in [0.05, 0.1) is 0 Å². The van der Waals surface area contributed by atoms with Crippen molar-refractivity contribution >= 4 is 0 Å². The van der Waals surface area contributed by atoms with Crippen molar-refractivity contribution in [1.82, 2.24) is 5.32 Å². The first kappa shape index (κ1) is 12.8. The maximum absolute atomic E-state index is 12.5. The summed E-state index contributed by atoms with van der Waals surface area (Å²) in [7, 11) is 0. The average Bonchev–Trinajstić information content (AvgIpc) is 2.77. The van der Waals surface area contributed by atoms with Crippen LogP contribution in [0, 0.1) is 5.41 Å². The summed E-state index contributed by atoms with van der Waals surface area (Å²) in [5, 5.41) is 2.57. The Hall–Kier alpha value is -0.290. The number of nitrogens with one attached hydrogen (secondary N) is 1. The number of alkyl halides is 3. The standard InChI is InChI=1S/C10H19F3N2/c1-8(2,3)7(14)6-15-9(4-5-9)10(11,12)13/h7,15H,4-6,14H2,1-3H3. The molecular formula is C10H19F3N2. The van der Waals surface area contributed by atoms with Crippen LogP contribution in [0.25, 0.3) is 0 Å². The lowest BCUT2D eigenvalue weighted by Crippen LogP contribution is -2.52. The first-order valence-corrected chi connectivity index (χ1v) is 5.16. The summed E-state index contributed by atoms with van der Waals surface area (Å²) in [5.41, 5.74) is 3.98. The van der Waals surface area contributed by atoms with E-state index in [2.05, 4.69) is 5.32 Å². The smallest absolute Gasteiger partial charge is 0.326 e. The van der Waals surface area contributed by atoms with Crippen molar-refractivity contribution in [3.8, 4) is 0 Å². The highest BCUT2D eigenvalue weighted by molar-refractivity contribution is 5.08. The van der Waals surface area contributed by atoms with Gasteiger partial charge in [0.1, 0.15) is 5.54 Å². The van der Waals surface area contributed by atoms with E-state index in [0.29, 0.717) is 0 Å². The zero-order valence-electron chi connectivity index (χ0n) is 9.41. The molecule has 1 aliphatic rings. The van der Waals surface area contributed by atoms with Crippen LogP contribution in [0.4, 0.5) is 13.2 Å². The molecule has 1 saturated carbocycles. The van der Waals surface area contributed by atoms with Gasteiger partial charge in [-0.25, -0.2) is 0 Å². The molecule has 1 aliphatic carbocycles. The van der Waals surface area contributed by atoms with Crippen LogP contribution in [-0.2, 0) is 0 Å². The van der Waals surface area contributed by atoms with Gasteiger partial charge in [-0.3, -0.25) is 0 Å². The van der Waals surface area contributed by atoms with E-state index in [1.165, 1.54) is 0 Å². The third kappa shape index (κ3) is 2.84. The van der Waals surface area contributed by atoms with Gasteiger partial charge < -0.3 is 11.1 Å². The van der Waals surface area contributed by atoms with Crippen molar-refractivity contribution in [1.29, 1.82) is 0 Å². The minimum atomic E-state index is -4.15. The lowest BCUT2D eigenvalue weighted by Gasteiger charge is -2.30. The van der Waals surface area contributed by atoms with Gasteiger partial charge in [-0.2, -0.15) is 13.2 Å². The molecule has 0 aromatic heterocycles. The summed E-state index contributed by atoms with van der Waals surface area (Å²) in [6.45, 7) is 5.98. The van der Waals surface area contributed by atoms with E-state index >= 15 is 0 Å². The highest BCUT2D eigenvalue weighted by Crippen LogP contribution is 2.48. The topological polar surface area (TPSA) is 38.0 Å². The molecule has 5 heteroatoms. The molecule has 1 rings (SSSR count). The number of nitrogens with two attached hydrogens (primary N) is 1. The van der Waals surface area contributed by atoms with Crippen LogP contribution < -0.4 is 11.1 Å². The average molecular weight is 224 g/mol. The Balaban J connectivity index is 2.45. The zero-order valence-corrected chi connectivity index (χ0v) is 9.41. The predicted octanol–water partition coefficient (Wildman–Crippen LogP) is 2.04. The Labute approximate surface area is 88.4 Å². The fraction of sp³-hybridized carbons (Fsp3) is 1.00. The van der Waals surface area contributed by atoms with E-state index in [0.717, 1.165) is 0 Å². The number of hydrogen-bond acceptors (Lipinski definition) is 2. The zero-order chi connectivity index (χ0) is 11.9. The van der Waals surface area contributed by atoms with E-state index in [1.54, 1.807) is 0 Å². The van der Waals surface area contributed by atoms with Crippen LogP contribution >= 0.6 is 0 Å². The molecule has 15 heavy (non-hydrogen) atoms. The van der Waals surface area contributed by atoms with Gasteiger partial charge >= 0.3 is 6.18 Å². The van der Waals surface area contributed by atoms with Crippen molar-refractivity contribution in [2.24, 2.45) is 11.1 Å². The quantitative estimate of drug-likeness (QED) is 0.770. The molecule has 0 spiro atoms. The van der Waals surface area contributed by atoms with Crippen LogP contribution in [0.2, 0.25) is 0 Å². The maximum Gasteiger partial charge on any atom is 0.406 e. The minimum absolute atomic E-state index is 0.172. The van der Waals surface area contributed by atoms with Gasteiger partial charge in [0.25, 0.3) is 0 Å². The van der Waals surface area contributed by atoms with E-state index in [9.17, 15) is 13.2 Å². The molecule has 1 fully saturated rings. The van der Waals surface area contributed by atoms with E-state index < -0.39 is 11.7 Å². The summed E-state index contributed by atoms with van der Waals surface area (Å²) in [5.74, 6) is 0. The first-order chi connectivity index (χ1) is 6.58. The van der Waals surface area contributed by atoms with Gasteiger partial charge in [0.15, 0.2) is 0 Å². The van der Waals surface area contributed by atoms with Crippen molar-refractivity contribution in [2.75, 3.05) is 6.54 Å². The molecule has 3 N–H and O–H groups in total. The molecule has 2 nitrogen and oxygen atoms in total. The van der Waals surface area contributed by atoms with E-state index in [-0.39, 0.29) is 30.8 Å². The van der Waals surface area contributed by atoms with Gasteiger partial charge in [-0.05, 0) is 18.3 Å². The summed E-state index contributed by atoms with van der Waals surface area (Å²) >= 11 is 0. The number of rotatable bonds is 3. The predicted molar refractivity (Wildman–Crippen MR) is 53.5 cm³/mol. The molecule has 0 amide bonds. The monoisotopic (exact) mass is 224 g/mol. The second kappa shape index (κ2) is 3.63. The maximum atomic E-state index is 12.5. The Kier molecular flexibility index (Phi) is 3.09. The molecule has 0 aromatic rings. The Morgan fingerprint density at radius 1 is 1.27 bits per heavy atom. The summed E-state index contributed by atoms with van der Waals surface area (Å²) in [4.78, 5) is 0. The van der Waals surface area contributed by atoms with Crippen molar-refractivity contribution in [3.05, 3.63) is 0 Å². The fourth-order valence-corrected chi connectivity index (χ4v) is 1.30. The third-order valence-corrected chi connectivity index (χ3v) is 3.07. The van der Waals surface area contributed by atoms with Crippen molar-refractivity contribution in [3.63, 3.8) is 0 Å². The molecule has 0 bridgehead atoms. The van der Waals surface area contributed by atoms with Gasteiger partial charge in [0.2, 0.25) is 0 Å². The lowest BCUT2D eigenvalue weighted by molar-refractivity contribution is -0.166. The van der Waals surface area contributed by atoms with Gasteiger partial charge in [0, 0.05) is 12.6 Å². The Morgan fingerprint density at radius 2 is 1.73 bits per heavy atom. The summed E-state index contributed by atoms with van der Waals surface area (Å²) in [6, 6.07) is -0.266. The fourth-order valence-electron chi connectivity index (χ4n) is 1.30. The van der Waals surface area contributed by atoms with E-state index in [4.69, 9.17) is 5.73 Å². The highest BCUT2D eigenvalue weighted by atomic mass is 19.4. The van der Waals surface area contributed by atoms with Crippen molar-refractivity contribution in [2.45, 2.75) is 51.4 Å². The molecule has 1 unspecified atom stereocenters. The number of halogens is 3. The Bertz CT molecular complexity index is 226. The molecule has 90 valence electrons. The van der Waals surface area contributed by atoms with Gasteiger partial charge in [-0.1, -0.05) is 20.8 Å². The van der Waals surface area contributed by atoms with Crippen LogP contribution in [0.1, 0.15) is 33.6 Å². The molecule has 0 radical (unpaired) electrons. The molecule has 0 aliphatic heterocycles. The molecule has 0 aromatic carbocycles. The highest BCUT2D eigenvalue weighted by Gasteiger charge is 2.63. The largest absolute Gasteiger partial charge is 0.406 e. The van der Waals surface area contributed by atoms with E-state index in [1.807, 2.05) is 20.8 Å². The normalized spacial score (nSPS) is 22.6. The summed E-state index contributed by atoms with van der Waals surface area (Å²) in [6.07, 6.45) is -3.80. The second-order valence-corrected chi connectivity index (χ2v) is 5.43. The minimum Gasteiger partial charge on any atom is -0.326 e. The molecule has 0 heterocycles. The van der Waals surface area contributed by atoms with Crippen LogP contribution in [0.15, 0.2) is 0 Å². The molecular weight excluding hydrogens is 205 g/mol.